The first-order valence-electron chi connectivity index (χ1n) is 6.04. The second kappa shape index (κ2) is 4.80. The number of hydrogen-bond acceptors (Lipinski definition) is 6. The average Bonchev–Trinajstić information content (AvgIpc) is 2.71. The Morgan fingerprint density at radius 3 is 2.74 bits per heavy atom. The van der Waals surface area contributed by atoms with Gasteiger partial charge in [-0.2, -0.15) is 0 Å². The van der Waals surface area contributed by atoms with Crippen LogP contribution in [0.15, 0.2) is 0 Å². The number of hydrogen-bond donors (Lipinski definition) is 1. The zero-order valence-electron chi connectivity index (χ0n) is 11.4. The molecule has 2 rings (SSSR count). The fourth-order valence-corrected chi connectivity index (χ4v) is 2.64. The molecule has 1 aliphatic heterocycles. The van der Waals surface area contributed by atoms with Gasteiger partial charge in [-0.25, -0.2) is 14.7 Å². The SMILES string of the molecule is CNc1nc2c(s1)C(=O)N(C(=O)OC(C)(C)C)CC2. The maximum Gasteiger partial charge on any atom is 0.417 e. The van der Waals surface area contributed by atoms with E-state index in [9.17, 15) is 9.59 Å². The fraction of sp³-hybridized carbons (Fsp3) is 0.583. The van der Waals surface area contributed by atoms with Crippen LogP contribution in [-0.4, -0.2) is 41.1 Å². The third-order valence-corrected chi connectivity index (χ3v) is 3.64. The van der Waals surface area contributed by atoms with Crippen molar-refractivity contribution in [1.82, 2.24) is 9.88 Å². The Morgan fingerprint density at radius 2 is 2.16 bits per heavy atom. The summed E-state index contributed by atoms with van der Waals surface area (Å²) in [6, 6.07) is 0. The minimum absolute atomic E-state index is 0.313. The number of nitrogens with zero attached hydrogens (tertiary/aromatic N) is 2. The highest BCUT2D eigenvalue weighted by Crippen LogP contribution is 2.28. The third kappa shape index (κ3) is 2.86. The molecule has 2 amide bonds. The molecule has 7 heteroatoms. The molecule has 6 nitrogen and oxygen atoms in total. The summed E-state index contributed by atoms with van der Waals surface area (Å²) < 4.78 is 5.23. The van der Waals surface area contributed by atoms with Gasteiger partial charge in [0.2, 0.25) is 0 Å². The molecule has 0 spiro atoms. The molecule has 1 aromatic heterocycles. The number of ether oxygens (including phenoxy) is 1. The Hall–Kier alpha value is -1.63. The predicted octanol–water partition coefficient (Wildman–Crippen LogP) is 2.12. The van der Waals surface area contributed by atoms with Crippen molar-refractivity contribution in [3.8, 4) is 0 Å². The van der Waals surface area contributed by atoms with Crippen LogP contribution in [0.4, 0.5) is 9.93 Å². The second-order valence-corrected chi connectivity index (χ2v) is 6.23. The van der Waals surface area contributed by atoms with Crippen LogP contribution in [-0.2, 0) is 11.2 Å². The highest BCUT2D eigenvalue weighted by molar-refractivity contribution is 7.17. The Labute approximate surface area is 115 Å². The monoisotopic (exact) mass is 283 g/mol. The maximum atomic E-state index is 12.2. The van der Waals surface area contributed by atoms with Gasteiger partial charge in [0.15, 0.2) is 5.13 Å². The fourth-order valence-electron chi connectivity index (χ4n) is 1.73. The molecular formula is C12H17N3O3S. The maximum absolute atomic E-state index is 12.2. The van der Waals surface area contributed by atoms with Crippen LogP contribution in [0, 0.1) is 0 Å². The lowest BCUT2D eigenvalue weighted by Crippen LogP contribution is -2.44. The molecule has 0 aromatic carbocycles. The number of thiazole rings is 1. The first-order chi connectivity index (χ1) is 8.81. The topological polar surface area (TPSA) is 71.5 Å². The summed E-state index contributed by atoms with van der Waals surface area (Å²) in [6.07, 6.45) is -0.0269. The van der Waals surface area contributed by atoms with Crippen molar-refractivity contribution in [1.29, 1.82) is 0 Å². The van der Waals surface area contributed by atoms with Crippen LogP contribution in [0.1, 0.15) is 36.1 Å². The van der Waals surface area contributed by atoms with Crippen LogP contribution >= 0.6 is 11.3 Å². The van der Waals surface area contributed by atoms with E-state index in [0.29, 0.717) is 23.0 Å². The van der Waals surface area contributed by atoms with Crippen LogP contribution < -0.4 is 5.32 Å². The third-order valence-electron chi connectivity index (χ3n) is 2.54. The zero-order chi connectivity index (χ0) is 14.2. The van der Waals surface area contributed by atoms with E-state index < -0.39 is 11.7 Å². The van der Waals surface area contributed by atoms with Gasteiger partial charge in [0, 0.05) is 20.0 Å². The van der Waals surface area contributed by atoms with E-state index in [0.717, 1.165) is 10.6 Å². The van der Waals surface area contributed by atoms with E-state index in [1.165, 1.54) is 11.3 Å². The molecule has 0 atom stereocenters. The normalized spacial score (nSPS) is 15.2. The molecule has 0 unspecified atom stereocenters. The highest BCUT2D eigenvalue weighted by atomic mass is 32.1. The van der Waals surface area contributed by atoms with E-state index >= 15 is 0 Å². The van der Waals surface area contributed by atoms with E-state index in [1.54, 1.807) is 27.8 Å². The first kappa shape index (κ1) is 13.8. The molecule has 1 N–H and O–H groups in total. The van der Waals surface area contributed by atoms with Gasteiger partial charge in [-0.3, -0.25) is 4.79 Å². The summed E-state index contributed by atoms with van der Waals surface area (Å²) in [7, 11) is 1.75. The molecule has 1 aliphatic rings. The Balaban J connectivity index is 2.19. The molecular weight excluding hydrogens is 266 g/mol. The number of nitrogens with one attached hydrogen (secondary N) is 1. The Kier molecular flexibility index (Phi) is 3.49. The largest absolute Gasteiger partial charge is 0.443 e. The van der Waals surface area contributed by atoms with Crippen molar-refractivity contribution in [3.63, 3.8) is 0 Å². The van der Waals surface area contributed by atoms with Crippen LogP contribution in [0.2, 0.25) is 0 Å². The van der Waals surface area contributed by atoms with Gasteiger partial charge in [0.1, 0.15) is 10.5 Å². The van der Waals surface area contributed by atoms with Crippen molar-refractivity contribution in [2.45, 2.75) is 32.8 Å². The lowest BCUT2D eigenvalue weighted by atomic mass is 10.1. The molecule has 0 bridgehead atoms. The summed E-state index contributed by atoms with van der Waals surface area (Å²) in [4.78, 5) is 30.2. The van der Waals surface area contributed by atoms with E-state index in [-0.39, 0.29) is 5.91 Å². The summed E-state index contributed by atoms with van der Waals surface area (Å²) in [5.74, 6) is -0.325. The molecule has 104 valence electrons. The van der Waals surface area contributed by atoms with Gasteiger partial charge in [-0.05, 0) is 20.8 Å². The van der Waals surface area contributed by atoms with Crippen molar-refractivity contribution >= 4 is 28.5 Å². The molecule has 19 heavy (non-hydrogen) atoms. The van der Waals surface area contributed by atoms with Crippen LogP contribution in [0.3, 0.4) is 0 Å². The molecule has 0 radical (unpaired) electrons. The van der Waals surface area contributed by atoms with Gasteiger partial charge < -0.3 is 10.1 Å². The van der Waals surface area contributed by atoms with Gasteiger partial charge in [-0.1, -0.05) is 11.3 Å². The number of aromatic nitrogens is 1. The predicted molar refractivity (Wildman–Crippen MR) is 72.6 cm³/mol. The number of rotatable bonds is 1. The number of carbonyl (C=O) groups is 2. The minimum atomic E-state index is -0.610. The Bertz CT molecular complexity index is 519. The summed E-state index contributed by atoms with van der Waals surface area (Å²) >= 11 is 1.26. The minimum Gasteiger partial charge on any atom is -0.443 e. The number of amides is 2. The molecule has 1 aromatic rings. The van der Waals surface area contributed by atoms with E-state index in [1.807, 2.05) is 0 Å². The average molecular weight is 283 g/mol. The second-order valence-electron chi connectivity index (χ2n) is 5.23. The lowest BCUT2D eigenvalue weighted by Gasteiger charge is -2.27. The quantitative estimate of drug-likeness (QED) is 0.854. The molecule has 0 saturated heterocycles. The van der Waals surface area contributed by atoms with Crippen molar-refractivity contribution in [3.05, 3.63) is 10.6 Å². The van der Waals surface area contributed by atoms with Gasteiger partial charge >= 0.3 is 6.09 Å². The number of fused-ring (bicyclic) bond motifs is 1. The molecule has 0 fully saturated rings. The van der Waals surface area contributed by atoms with E-state index in [4.69, 9.17) is 4.74 Å². The van der Waals surface area contributed by atoms with Crippen molar-refractivity contribution in [2.24, 2.45) is 0 Å². The Morgan fingerprint density at radius 1 is 1.47 bits per heavy atom. The standard InChI is InChI=1S/C12H17N3O3S/c1-12(2,3)18-11(17)15-6-5-7-8(9(15)16)19-10(13-4)14-7/h5-6H2,1-4H3,(H,13,14). The molecule has 0 aliphatic carbocycles. The van der Waals surface area contributed by atoms with Crippen LogP contribution in [0.5, 0.6) is 0 Å². The summed E-state index contributed by atoms with van der Waals surface area (Å²) in [6.45, 7) is 5.64. The number of imide groups is 1. The summed E-state index contributed by atoms with van der Waals surface area (Å²) in [5.41, 5.74) is 0.140. The van der Waals surface area contributed by atoms with Crippen LogP contribution in [0.25, 0.3) is 0 Å². The molecule has 0 saturated carbocycles. The summed E-state index contributed by atoms with van der Waals surface area (Å²) in [5, 5.41) is 3.59. The van der Waals surface area contributed by atoms with Gasteiger partial charge in [-0.15, -0.1) is 0 Å². The first-order valence-corrected chi connectivity index (χ1v) is 6.86. The smallest absolute Gasteiger partial charge is 0.417 e. The van der Waals surface area contributed by atoms with Gasteiger partial charge in [0.05, 0.1) is 5.69 Å². The number of anilines is 1. The lowest BCUT2D eigenvalue weighted by molar-refractivity contribution is 0.0235. The zero-order valence-corrected chi connectivity index (χ0v) is 12.3. The number of carbonyl (C=O) groups excluding carboxylic acids is 2. The highest BCUT2D eigenvalue weighted by Gasteiger charge is 2.34. The van der Waals surface area contributed by atoms with Gasteiger partial charge in [0.25, 0.3) is 5.91 Å². The van der Waals surface area contributed by atoms with Crippen molar-refractivity contribution < 1.29 is 14.3 Å². The van der Waals surface area contributed by atoms with E-state index in [2.05, 4.69) is 10.3 Å². The van der Waals surface area contributed by atoms with Crippen molar-refractivity contribution in [2.75, 3.05) is 18.9 Å². The molecule has 2 heterocycles.